The molecule has 1 aromatic carbocycles. The van der Waals surface area contributed by atoms with Gasteiger partial charge in [0.25, 0.3) is 0 Å². The van der Waals surface area contributed by atoms with E-state index < -0.39 is 0 Å². The Kier molecular flexibility index (Phi) is 4.81. The summed E-state index contributed by atoms with van der Waals surface area (Å²) in [5.41, 5.74) is 1.11. The van der Waals surface area contributed by atoms with Crippen molar-refractivity contribution in [3.05, 3.63) is 46.7 Å². The quantitative estimate of drug-likeness (QED) is 0.807. The van der Waals surface area contributed by atoms with E-state index in [1.165, 1.54) is 41.8 Å². The third-order valence-electron chi connectivity index (χ3n) is 5.12. The minimum absolute atomic E-state index is 0.132. The number of rotatable bonds is 4. The zero-order chi connectivity index (χ0) is 16.4. The topological polar surface area (TPSA) is 19.4 Å². The maximum atomic E-state index is 13.6. The smallest absolute Gasteiger partial charge is 0.185 e. The predicted octanol–water partition coefficient (Wildman–Crippen LogP) is 4.61. The highest BCUT2D eigenvalue weighted by Crippen LogP contribution is 2.34. The van der Waals surface area contributed by atoms with Crippen molar-refractivity contribution in [2.24, 2.45) is 0 Å². The Hall–Kier alpha value is -1.46. The van der Waals surface area contributed by atoms with Gasteiger partial charge >= 0.3 is 0 Å². The molecular formula is C19H24FN3S. The summed E-state index contributed by atoms with van der Waals surface area (Å²) in [5.74, 6) is -0.132. The standard InChI is InChI=1S/C19H24FN3S/c20-16-7-5-6-15(12-16)18-8-1-2-11-23(18)14-17-13-21-19(24-17)22-9-3-4-10-22/h5-7,12-13,18H,1-4,8-11,14H2. The lowest BCUT2D eigenvalue weighted by atomic mass is 9.95. The van der Waals surface area contributed by atoms with Gasteiger partial charge < -0.3 is 4.90 Å². The summed E-state index contributed by atoms with van der Waals surface area (Å²) in [5, 5.41) is 1.17. The molecule has 1 aromatic heterocycles. The molecule has 1 atom stereocenters. The van der Waals surface area contributed by atoms with Gasteiger partial charge in [0.15, 0.2) is 5.13 Å². The van der Waals surface area contributed by atoms with Crippen LogP contribution in [0.5, 0.6) is 0 Å². The number of aromatic nitrogens is 1. The number of hydrogen-bond donors (Lipinski definition) is 0. The monoisotopic (exact) mass is 345 g/mol. The van der Waals surface area contributed by atoms with Gasteiger partial charge in [-0.05, 0) is 49.9 Å². The number of nitrogens with zero attached hydrogens (tertiary/aromatic N) is 3. The first-order valence-electron chi connectivity index (χ1n) is 8.99. The van der Waals surface area contributed by atoms with Gasteiger partial charge in [-0.15, -0.1) is 11.3 Å². The highest BCUT2D eigenvalue weighted by molar-refractivity contribution is 7.15. The van der Waals surface area contributed by atoms with Crippen molar-refractivity contribution in [1.29, 1.82) is 0 Å². The Bertz CT molecular complexity index is 681. The number of piperidine rings is 1. The van der Waals surface area contributed by atoms with Crippen LogP contribution in [0.1, 0.15) is 48.6 Å². The zero-order valence-electron chi connectivity index (χ0n) is 14.0. The number of benzene rings is 1. The summed E-state index contributed by atoms with van der Waals surface area (Å²) in [6.07, 6.45) is 8.16. The van der Waals surface area contributed by atoms with E-state index in [0.717, 1.165) is 38.2 Å². The average molecular weight is 345 g/mol. The molecule has 0 spiro atoms. The third-order valence-corrected chi connectivity index (χ3v) is 6.17. The molecule has 2 saturated heterocycles. The second kappa shape index (κ2) is 7.19. The van der Waals surface area contributed by atoms with Gasteiger partial charge in [0.05, 0.1) is 0 Å². The second-order valence-corrected chi connectivity index (χ2v) is 7.93. The summed E-state index contributed by atoms with van der Waals surface area (Å²) < 4.78 is 13.6. The van der Waals surface area contributed by atoms with Crippen LogP contribution in [0.2, 0.25) is 0 Å². The maximum absolute atomic E-state index is 13.6. The van der Waals surface area contributed by atoms with E-state index >= 15 is 0 Å². The molecular weight excluding hydrogens is 321 g/mol. The van der Waals surface area contributed by atoms with Crippen LogP contribution in [-0.2, 0) is 6.54 Å². The SMILES string of the molecule is Fc1cccc(C2CCCCN2Cc2cnc(N3CCCC3)s2)c1. The molecule has 5 heteroatoms. The fourth-order valence-electron chi connectivity index (χ4n) is 3.90. The molecule has 3 heterocycles. The Balaban J connectivity index is 1.49. The molecule has 0 bridgehead atoms. The van der Waals surface area contributed by atoms with Gasteiger partial charge in [-0.3, -0.25) is 4.90 Å². The van der Waals surface area contributed by atoms with Crippen molar-refractivity contribution in [1.82, 2.24) is 9.88 Å². The average Bonchev–Trinajstić information content (AvgIpc) is 3.26. The van der Waals surface area contributed by atoms with Crippen molar-refractivity contribution < 1.29 is 4.39 Å². The van der Waals surface area contributed by atoms with E-state index in [9.17, 15) is 4.39 Å². The molecule has 1 unspecified atom stereocenters. The summed E-state index contributed by atoms with van der Waals surface area (Å²) >= 11 is 1.82. The summed E-state index contributed by atoms with van der Waals surface area (Å²) in [4.78, 5) is 10.8. The molecule has 0 radical (unpaired) electrons. The summed E-state index contributed by atoms with van der Waals surface area (Å²) in [6.45, 7) is 4.29. The molecule has 24 heavy (non-hydrogen) atoms. The Morgan fingerprint density at radius 3 is 2.79 bits per heavy atom. The van der Waals surface area contributed by atoms with E-state index in [1.54, 1.807) is 6.07 Å². The predicted molar refractivity (Wildman–Crippen MR) is 97.0 cm³/mol. The normalized spacial score (nSPS) is 22.2. The minimum atomic E-state index is -0.132. The fourth-order valence-corrected chi connectivity index (χ4v) is 4.88. The first-order chi connectivity index (χ1) is 11.8. The van der Waals surface area contributed by atoms with Gasteiger partial charge in [0.1, 0.15) is 5.82 Å². The van der Waals surface area contributed by atoms with E-state index in [0.29, 0.717) is 6.04 Å². The third kappa shape index (κ3) is 3.47. The number of likely N-dealkylation sites (tertiary alicyclic amines) is 1. The van der Waals surface area contributed by atoms with Gasteiger partial charge in [-0.1, -0.05) is 18.6 Å². The second-order valence-electron chi connectivity index (χ2n) is 6.84. The first-order valence-corrected chi connectivity index (χ1v) is 9.80. The lowest BCUT2D eigenvalue weighted by Crippen LogP contribution is -2.32. The molecule has 0 amide bonds. The van der Waals surface area contributed by atoms with Crippen molar-refractivity contribution in [2.45, 2.75) is 44.7 Å². The van der Waals surface area contributed by atoms with E-state index in [4.69, 9.17) is 0 Å². The molecule has 2 fully saturated rings. The Labute approximate surface area is 147 Å². The zero-order valence-corrected chi connectivity index (χ0v) is 14.8. The van der Waals surface area contributed by atoms with Crippen LogP contribution in [0.3, 0.4) is 0 Å². The molecule has 0 aliphatic carbocycles. The highest BCUT2D eigenvalue weighted by atomic mass is 32.1. The molecule has 128 valence electrons. The van der Waals surface area contributed by atoms with Crippen molar-refractivity contribution in [3.8, 4) is 0 Å². The van der Waals surface area contributed by atoms with Crippen LogP contribution in [0, 0.1) is 5.82 Å². The molecule has 0 saturated carbocycles. The number of halogens is 1. The molecule has 2 aliphatic rings. The van der Waals surface area contributed by atoms with Crippen molar-refractivity contribution >= 4 is 16.5 Å². The van der Waals surface area contributed by atoms with E-state index in [-0.39, 0.29) is 5.82 Å². The van der Waals surface area contributed by atoms with E-state index in [2.05, 4.69) is 20.9 Å². The van der Waals surface area contributed by atoms with Crippen LogP contribution < -0.4 is 4.90 Å². The van der Waals surface area contributed by atoms with Crippen molar-refractivity contribution in [2.75, 3.05) is 24.5 Å². The van der Waals surface area contributed by atoms with Crippen LogP contribution in [0.4, 0.5) is 9.52 Å². The number of anilines is 1. The molecule has 4 rings (SSSR count). The number of thiazole rings is 1. The molecule has 3 nitrogen and oxygen atoms in total. The summed E-state index contributed by atoms with van der Waals surface area (Å²) in [6, 6.07) is 7.45. The van der Waals surface area contributed by atoms with Gasteiger partial charge in [-0.2, -0.15) is 0 Å². The first kappa shape index (κ1) is 16.0. The van der Waals surface area contributed by atoms with Crippen LogP contribution in [0.15, 0.2) is 30.5 Å². The highest BCUT2D eigenvalue weighted by Gasteiger charge is 2.25. The summed E-state index contributed by atoms with van der Waals surface area (Å²) in [7, 11) is 0. The van der Waals surface area contributed by atoms with Gasteiger partial charge in [0, 0.05) is 36.8 Å². The van der Waals surface area contributed by atoms with Crippen LogP contribution in [0.25, 0.3) is 0 Å². The lowest BCUT2D eigenvalue weighted by Gasteiger charge is -2.35. The Morgan fingerprint density at radius 1 is 1.12 bits per heavy atom. The van der Waals surface area contributed by atoms with E-state index in [1.807, 2.05) is 23.6 Å². The minimum Gasteiger partial charge on any atom is -0.348 e. The largest absolute Gasteiger partial charge is 0.348 e. The molecule has 0 N–H and O–H groups in total. The van der Waals surface area contributed by atoms with Gasteiger partial charge in [0.2, 0.25) is 0 Å². The number of hydrogen-bond acceptors (Lipinski definition) is 4. The van der Waals surface area contributed by atoms with Gasteiger partial charge in [-0.25, -0.2) is 9.37 Å². The lowest BCUT2D eigenvalue weighted by molar-refractivity contribution is 0.141. The maximum Gasteiger partial charge on any atom is 0.185 e. The van der Waals surface area contributed by atoms with Crippen molar-refractivity contribution in [3.63, 3.8) is 0 Å². The van der Waals surface area contributed by atoms with Crippen LogP contribution >= 0.6 is 11.3 Å². The fraction of sp³-hybridized carbons (Fsp3) is 0.526. The molecule has 2 aromatic rings. The molecule has 2 aliphatic heterocycles. The Morgan fingerprint density at radius 2 is 1.96 bits per heavy atom. The van der Waals surface area contributed by atoms with Crippen LogP contribution in [-0.4, -0.2) is 29.5 Å².